The number of hydrazone groups is 1. The van der Waals surface area contributed by atoms with Crippen LogP contribution in [0.5, 0.6) is 0 Å². The Morgan fingerprint density at radius 3 is 2.67 bits per heavy atom. The van der Waals surface area contributed by atoms with Gasteiger partial charge in [0.1, 0.15) is 11.5 Å². The van der Waals surface area contributed by atoms with Crippen molar-refractivity contribution in [1.82, 2.24) is 5.43 Å². The molecule has 1 N–H and O–H groups in total. The number of hydrogen-bond acceptors (Lipinski definition) is 5. The molecule has 1 amide bonds. The Morgan fingerprint density at radius 2 is 1.96 bits per heavy atom. The maximum Gasteiger partial charge on any atom is 0.271 e. The van der Waals surface area contributed by atoms with Gasteiger partial charge in [-0.15, -0.1) is 0 Å². The average molecular weight is 363 g/mol. The molecule has 0 unspecified atom stereocenters. The van der Waals surface area contributed by atoms with Crippen molar-refractivity contribution in [1.29, 1.82) is 0 Å². The summed E-state index contributed by atoms with van der Waals surface area (Å²) >= 11 is 0. The Kier molecular flexibility index (Phi) is 5.41. The Labute approximate surface area is 155 Å². The van der Waals surface area contributed by atoms with Crippen LogP contribution in [-0.2, 0) is 6.42 Å². The summed E-state index contributed by atoms with van der Waals surface area (Å²) in [7, 11) is 0. The fourth-order valence-electron chi connectivity index (χ4n) is 2.46. The molecule has 0 saturated carbocycles. The standard InChI is InChI=1S/C20H17N3O4/c1-2-14-6-8-15(9-7-14)20(24)22-21-13-18-10-11-19(27-18)16-4-3-5-17(12-16)23(25)26/h3-13H,2H2,1H3,(H,22,24)/b21-13-. The lowest BCUT2D eigenvalue weighted by molar-refractivity contribution is -0.384. The fraction of sp³-hybridized carbons (Fsp3) is 0.100. The van der Waals surface area contributed by atoms with E-state index >= 15 is 0 Å². The maximum absolute atomic E-state index is 12.0. The number of non-ortho nitro benzene ring substituents is 1. The SMILES string of the molecule is CCc1ccc(C(=O)N/N=C\c2ccc(-c3cccc([N+](=O)[O-])c3)o2)cc1. The number of benzene rings is 2. The number of nitrogens with one attached hydrogen (secondary N) is 1. The minimum Gasteiger partial charge on any atom is -0.455 e. The van der Waals surface area contributed by atoms with Crippen LogP contribution in [0.25, 0.3) is 11.3 Å². The van der Waals surface area contributed by atoms with E-state index in [1.54, 1.807) is 36.4 Å². The lowest BCUT2D eigenvalue weighted by atomic mass is 10.1. The number of nitro benzene ring substituents is 1. The highest BCUT2D eigenvalue weighted by atomic mass is 16.6. The van der Waals surface area contributed by atoms with E-state index in [1.807, 2.05) is 19.1 Å². The van der Waals surface area contributed by atoms with Crippen molar-refractivity contribution in [3.63, 3.8) is 0 Å². The van der Waals surface area contributed by atoms with Crippen molar-refractivity contribution >= 4 is 17.8 Å². The third-order valence-corrected chi connectivity index (χ3v) is 3.95. The van der Waals surface area contributed by atoms with Crippen LogP contribution in [0, 0.1) is 10.1 Å². The molecule has 0 spiro atoms. The van der Waals surface area contributed by atoms with Gasteiger partial charge in [-0.1, -0.05) is 31.2 Å². The van der Waals surface area contributed by atoms with E-state index in [9.17, 15) is 14.9 Å². The summed E-state index contributed by atoms with van der Waals surface area (Å²) in [5.74, 6) is 0.569. The third-order valence-electron chi connectivity index (χ3n) is 3.95. The molecule has 0 aliphatic rings. The van der Waals surface area contributed by atoms with Crippen LogP contribution in [0.1, 0.15) is 28.6 Å². The number of hydrogen-bond donors (Lipinski definition) is 1. The van der Waals surface area contributed by atoms with Gasteiger partial charge < -0.3 is 4.42 Å². The highest BCUT2D eigenvalue weighted by Gasteiger charge is 2.10. The van der Waals surface area contributed by atoms with Crippen molar-refractivity contribution < 1.29 is 14.1 Å². The summed E-state index contributed by atoms with van der Waals surface area (Å²) < 4.78 is 5.60. The molecule has 0 atom stereocenters. The van der Waals surface area contributed by atoms with Crippen molar-refractivity contribution in [2.45, 2.75) is 13.3 Å². The van der Waals surface area contributed by atoms with E-state index in [2.05, 4.69) is 10.5 Å². The van der Waals surface area contributed by atoms with Gasteiger partial charge in [-0.2, -0.15) is 5.10 Å². The number of aryl methyl sites for hydroxylation is 1. The molecule has 0 aliphatic heterocycles. The Morgan fingerprint density at radius 1 is 1.19 bits per heavy atom. The van der Waals surface area contributed by atoms with Crippen LogP contribution >= 0.6 is 0 Å². The molecule has 3 aromatic rings. The van der Waals surface area contributed by atoms with Crippen molar-refractivity contribution in [3.8, 4) is 11.3 Å². The zero-order valence-corrected chi connectivity index (χ0v) is 14.6. The molecule has 136 valence electrons. The van der Waals surface area contributed by atoms with Gasteiger partial charge in [0.25, 0.3) is 11.6 Å². The van der Waals surface area contributed by atoms with Crippen LogP contribution < -0.4 is 5.43 Å². The van der Waals surface area contributed by atoms with Gasteiger partial charge in [0.05, 0.1) is 11.1 Å². The topological polar surface area (TPSA) is 97.7 Å². The second kappa shape index (κ2) is 8.09. The van der Waals surface area contributed by atoms with Crippen LogP contribution in [0.4, 0.5) is 5.69 Å². The van der Waals surface area contributed by atoms with Crippen molar-refractivity contribution in [2.75, 3.05) is 0 Å². The van der Waals surface area contributed by atoms with Gasteiger partial charge in [0, 0.05) is 23.3 Å². The number of nitro groups is 1. The van der Waals surface area contributed by atoms with Gasteiger partial charge in [-0.3, -0.25) is 14.9 Å². The molecule has 2 aromatic carbocycles. The first-order valence-electron chi connectivity index (χ1n) is 8.34. The minimum absolute atomic E-state index is 0.0135. The molecule has 0 bridgehead atoms. The zero-order chi connectivity index (χ0) is 19.2. The molecule has 7 nitrogen and oxygen atoms in total. The predicted octanol–water partition coefficient (Wildman–Crippen LogP) is 4.18. The predicted molar refractivity (Wildman–Crippen MR) is 102 cm³/mol. The molecule has 1 heterocycles. The lowest BCUT2D eigenvalue weighted by Gasteiger charge is -2.01. The molecule has 0 fully saturated rings. The number of nitrogens with zero attached hydrogens (tertiary/aromatic N) is 2. The molecule has 0 aliphatic carbocycles. The van der Waals surface area contributed by atoms with Crippen molar-refractivity contribution in [3.05, 3.63) is 87.7 Å². The van der Waals surface area contributed by atoms with Gasteiger partial charge >= 0.3 is 0 Å². The number of furan rings is 1. The molecule has 0 saturated heterocycles. The molecule has 1 aromatic heterocycles. The summed E-state index contributed by atoms with van der Waals surface area (Å²) in [6.45, 7) is 2.05. The molecular formula is C20H17N3O4. The average Bonchev–Trinajstić information content (AvgIpc) is 3.17. The first-order valence-corrected chi connectivity index (χ1v) is 8.34. The summed E-state index contributed by atoms with van der Waals surface area (Å²) in [4.78, 5) is 22.4. The zero-order valence-electron chi connectivity index (χ0n) is 14.6. The van der Waals surface area contributed by atoms with Gasteiger partial charge in [-0.05, 0) is 36.2 Å². The van der Waals surface area contributed by atoms with Crippen LogP contribution in [-0.4, -0.2) is 17.0 Å². The molecule has 7 heteroatoms. The first-order chi connectivity index (χ1) is 13.1. The quantitative estimate of drug-likeness (QED) is 0.403. The summed E-state index contributed by atoms with van der Waals surface area (Å²) in [6, 6.07) is 16.8. The third kappa shape index (κ3) is 4.46. The second-order valence-electron chi connectivity index (χ2n) is 5.76. The van der Waals surface area contributed by atoms with Gasteiger partial charge in [0.15, 0.2) is 0 Å². The van der Waals surface area contributed by atoms with Crippen molar-refractivity contribution in [2.24, 2.45) is 5.10 Å². The van der Waals surface area contributed by atoms with Crippen LogP contribution in [0.2, 0.25) is 0 Å². The maximum atomic E-state index is 12.0. The van der Waals surface area contributed by atoms with Crippen LogP contribution in [0.3, 0.4) is 0 Å². The Hall–Kier alpha value is -3.74. The smallest absolute Gasteiger partial charge is 0.271 e. The van der Waals surface area contributed by atoms with Gasteiger partial charge in [0.2, 0.25) is 0 Å². The Bertz CT molecular complexity index is 990. The summed E-state index contributed by atoms with van der Waals surface area (Å²) in [5.41, 5.74) is 4.68. The largest absolute Gasteiger partial charge is 0.455 e. The molecular weight excluding hydrogens is 346 g/mol. The highest BCUT2D eigenvalue weighted by molar-refractivity contribution is 5.94. The number of carbonyl (C=O) groups excluding carboxylic acids is 1. The summed E-state index contributed by atoms with van der Waals surface area (Å²) in [5, 5.41) is 14.7. The van der Waals surface area contributed by atoms with E-state index in [1.165, 1.54) is 18.3 Å². The first kappa shape index (κ1) is 18.1. The molecule has 27 heavy (non-hydrogen) atoms. The van der Waals surface area contributed by atoms with E-state index in [-0.39, 0.29) is 11.6 Å². The normalized spacial score (nSPS) is 10.9. The Balaban J connectivity index is 1.65. The monoisotopic (exact) mass is 363 g/mol. The number of carbonyl (C=O) groups is 1. The number of rotatable bonds is 6. The van der Waals surface area contributed by atoms with E-state index < -0.39 is 4.92 Å². The second-order valence-corrected chi connectivity index (χ2v) is 5.76. The molecule has 0 radical (unpaired) electrons. The molecule has 3 rings (SSSR count). The minimum atomic E-state index is -0.461. The van der Waals surface area contributed by atoms with E-state index in [4.69, 9.17) is 4.42 Å². The van der Waals surface area contributed by atoms with Gasteiger partial charge in [-0.25, -0.2) is 5.43 Å². The fourth-order valence-corrected chi connectivity index (χ4v) is 2.46. The summed E-state index contributed by atoms with van der Waals surface area (Å²) in [6.07, 6.45) is 2.28. The van der Waals surface area contributed by atoms with E-state index in [0.29, 0.717) is 22.6 Å². The number of amides is 1. The lowest BCUT2D eigenvalue weighted by Crippen LogP contribution is -2.17. The van der Waals surface area contributed by atoms with Crippen LogP contribution in [0.15, 0.2) is 70.2 Å². The van der Waals surface area contributed by atoms with E-state index in [0.717, 1.165) is 12.0 Å². The highest BCUT2D eigenvalue weighted by Crippen LogP contribution is 2.25.